The summed E-state index contributed by atoms with van der Waals surface area (Å²) in [5, 5.41) is 3.53. The number of likely N-dealkylation sites (N-methyl/N-ethyl adjacent to an activating group) is 1. The quantitative estimate of drug-likeness (QED) is 0.831. The van der Waals surface area contributed by atoms with Crippen molar-refractivity contribution < 1.29 is 9.18 Å². The summed E-state index contributed by atoms with van der Waals surface area (Å²) in [5.74, 6) is -0.680. The van der Waals surface area contributed by atoms with Gasteiger partial charge in [-0.05, 0) is 37.4 Å². The minimum absolute atomic E-state index is 0.216. The van der Waals surface area contributed by atoms with Crippen molar-refractivity contribution in [1.82, 2.24) is 15.2 Å². The average molecular weight is 324 g/mol. The fourth-order valence-electron chi connectivity index (χ4n) is 2.32. The Labute approximate surface area is 134 Å². The molecule has 0 unspecified atom stereocenters. The number of carbonyl (C=O) groups is 1. The SMILES string of the molecule is CCN(CC)CCNC(=O)c1cc(Cl)nc2ccc(F)cc12. The molecule has 0 fully saturated rings. The van der Waals surface area contributed by atoms with Gasteiger partial charge in [0.05, 0.1) is 11.1 Å². The highest BCUT2D eigenvalue weighted by Crippen LogP contribution is 2.21. The Hall–Kier alpha value is -1.72. The first-order chi connectivity index (χ1) is 10.5. The van der Waals surface area contributed by atoms with Gasteiger partial charge in [0.25, 0.3) is 5.91 Å². The van der Waals surface area contributed by atoms with Crippen molar-refractivity contribution in [2.45, 2.75) is 13.8 Å². The van der Waals surface area contributed by atoms with E-state index in [1.54, 1.807) is 0 Å². The van der Waals surface area contributed by atoms with E-state index in [2.05, 4.69) is 29.0 Å². The van der Waals surface area contributed by atoms with Crippen molar-refractivity contribution in [3.8, 4) is 0 Å². The lowest BCUT2D eigenvalue weighted by atomic mass is 10.1. The smallest absolute Gasteiger partial charge is 0.252 e. The van der Waals surface area contributed by atoms with E-state index in [1.807, 2.05) is 0 Å². The molecule has 6 heteroatoms. The number of nitrogens with zero attached hydrogens (tertiary/aromatic N) is 2. The zero-order valence-corrected chi connectivity index (χ0v) is 13.5. The fraction of sp³-hybridized carbons (Fsp3) is 0.375. The molecule has 2 rings (SSSR count). The number of benzene rings is 1. The molecule has 0 aliphatic rings. The molecule has 118 valence electrons. The Morgan fingerprint density at radius 2 is 2.05 bits per heavy atom. The number of pyridine rings is 1. The summed E-state index contributed by atoms with van der Waals surface area (Å²) in [6, 6.07) is 5.59. The number of amides is 1. The van der Waals surface area contributed by atoms with Crippen LogP contribution in [0.4, 0.5) is 4.39 Å². The molecule has 0 spiro atoms. The first kappa shape index (κ1) is 16.6. The number of halogens is 2. The van der Waals surface area contributed by atoms with Gasteiger partial charge in [-0.2, -0.15) is 0 Å². The molecule has 0 radical (unpaired) electrons. The Bertz CT molecular complexity index is 674. The fourth-order valence-corrected chi connectivity index (χ4v) is 2.52. The number of rotatable bonds is 6. The molecular formula is C16H19ClFN3O. The molecular weight excluding hydrogens is 305 g/mol. The van der Waals surface area contributed by atoms with E-state index >= 15 is 0 Å². The van der Waals surface area contributed by atoms with Crippen molar-refractivity contribution in [2.24, 2.45) is 0 Å². The third kappa shape index (κ3) is 3.93. The van der Waals surface area contributed by atoms with Crippen molar-refractivity contribution in [3.63, 3.8) is 0 Å². The highest BCUT2D eigenvalue weighted by Gasteiger charge is 2.13. The van der Waals surface area contributed by atoms with E-state index in [0.29, 0.717) is 23.0 Å². The number of aromatic nitrogens is 1. The van der Waals surface area contributed by atoms with Gasteiger partial charge >= 0.3 is 0 Å². The number of fused-ring (bicyclic) bond motifs is 1. The molecule has 2 aromatic rings. The van der Waals surface area contributed by atoms with Crippen molar-refractivity contribution in [1.29, 1.82) is 0 Å². The highest BCUT2D eigenvalue weighted by molar-refractivity contribution is 6.30. The van der Waals surface area contributed by atoms with E-state index in [1.165, 1.54) is 24.3 Å². The van der Waals surface area contributed by atoms with Crippen LogP contribution in [0.15, 0.2) is 24.3 Å². The molecule has 1 heterocycles. The van der Waals surface area contributed by atoms with Gasteiger partial charge in [-0.3, -0.25) is 4.79 Å². The van der Waals surface area contributed by atoms with Crippen molar-refractivity contribution in [2.75, 3.05) is 26.2 Å². The van der Waals surface area contributed by atoms with E-state index in [0.717, 1.165) is 19.6 Å². The van der Waals surface area contributed by atoms with Gasteiger partial charge in [-0.15, -0.1) is 0 Å². The molecule has 0 bridgehead atoms. The molecule has 1 amide bonds. The topological polar surface area (TPSA) is 45.2 Å². The number of hydrogen-bond donors (Lipinski definition) is 1. The van der Waals surface area contributed by atoms with Crippen LogP contribution in [-0.4, -0.2) is 42.0 Å². The van der Waals surface area contributed by atoms with E-state index < -0.39 is 5.82 Å². The second-order valence-electron chi connectivity index (χ2n) is 4.94. The third-order valence-electron chi connectivity index (χ3n) is 3.59. The molecule has 1 aromatic heterocycles. The molecule has 1 aromatic carbocycles. The van der Waals surface area contributed by atoms with Crippen LogP contribution in [0.25, 0.3) is 10.9 Å². The molecule has 22 heavy (non-hydrogen) atoms. The van der Waals surface area contributed by atoms with Crippen LogP contribution in [0.2, 0.25) is 5.15 Å². The van der Waals surface area contributed by atoms with Crippen LogP contribution < -0.4 is 5.32 Å². The zero-order valence-electron chi connectivity index (χ0n) is 12.7. The van der Waals surface area contributed by atoms with Crippen molar-refractivity contribution >= 4 is 28.4 Å². The van der Waals surface area contributed by atoms with Gasteiger partial charge in [0.1, 0.15) is 11.0 Å². The molecule has 0 atom stereocenters. The molecule has 1 N–H and O–H groups in total. The third-order valence-corrected chi connectivity index (χ3v) is 3.79. The summed E-state index contributed by atoms with van der Waals surface area (Å²) in [4.78, 5) is 18.7. The van der Waals surface area contributed by atoms with E-state index in [-0.39, 0.29) is 11.1 Å². The summed E-state index contributed by atoms with van der Waals surface area (Å²) >= 11 is 5.94. The normalized spacial score (nSPS) is 11.1. The predicted octanol–water partition coefficient (Wildman–Crippen LogP) is 3.10. The van der Waals surface area contributed by atoms with Crippen LogP contribution in [0.5, 0.6) is 0 Å². The standard InChI is InChI=1S/C16H19ClFN3O/c1-3-21(4-2)8-7-19-16(22)13-10-15(17)20-14-6-5-11(18)9-12(13)14/h5-6,9-10H,3-4,7-8H2,1-2H3,(H,19,22). The minimum atomic E-state index is -0.409. The monoisotopic (exact) mass is 323 g/mol. The lowest BCUT2D eigenvalue weighted by molar-refractivity contribution is 0.0950. The minimum Gasteiger partial charge on any atom is -0.351 e. The molecule has 4 nitrogen and oxygen atoms in total. The Kier molecular flexibility index (Phi) is 5.69. The maximum Gasteiger partial charge on any atom is 0.252 e. The van der Waals surface area contributed by atoms with Gasteiger partial charge < -0.3 is 10.2 Å². The molecule has 0 saturated heterocycles. The second-order valence-corrected chi connectivity index (χ2v) is 5.32. The maximum absolute atomic E-state index is 13.4. The summed E-state index contributed by atoms with van der Waals surface area (Å²) in [7, 11) is 0. The van der Waals surface area contributed by atoms with Crippen LogP contribution in [0, 0.1) is 5.82 Å². The van der Waals surface area contributed by atoms with Gasteiger partial charge in [0, 0.05) is 18.5 Å². The van der Waals surface area contributed by atoms with Gasteiger partial charge in [-0.1, -0.05) is 25.4 Å². The largest absolute Gasteiger partial charge is 0.351 e. The zero-order chi connectivity index (χ0) is 16.1. The summed E-state index contributed by atoms with van der Waals surface area (Å²) < 4.78 is 13.4. The Morgan fingerprint density at radius 3 is 2.73 bits per heavy atom. The van der Waals surface area contributed by atoms with E-state index in [9.17, 15) is 9.18 Å². The number of nitrogens with one attached hydrogen (secondary N) is 1. The summed E-state index contributed by atoms with van der Waals surface area (Å²) in [5.41, 5.74) is 0.844. The van der Waals surface area contributed by atoms with Crippen LogP contribution >= 0.6 is 11.6 Å². The Balaban J connectivity index is 2.18. The van der Waals surface area contributed by atoms with Crippen LogP contribution in [0.3, 0.4) is 0 Å². The first-order valence-corrected chi connectivity index (χ1v) is 7.69. The van der Waals surface area contributed by atoms with Crippen LogP contribution in [-0.2, 0) is 0 Å². The molecule has 0 aliphatic heterocycles. The van der Waals surface area contributed by atoms with Crippen molar-refractivity contribution in [3.05, 3.63) is 40.8 Å². The second kappa shape index (κ2) is 7.51. The first-order valence-electron chi connectivity index (χ1n) is 7.31. The lowest BCUT2D eigenvalue weighted by Gasteiger charge is -2.18. The van der Waals surface area contributed by atoms with Crippen LogP contribution in [0.1, 0.15) is 24.2 Å². The molecule has 0 saturated carbocycles. The average Bonchev–Trinajstić information content (AvgIpc) is 2.51. The summed E-state index contributed by atoms with van der Waals surface area (Å²) in [6.07, 6.45) is 0. The van der Waals surface area contributed by atoms with Gasteiger partial charge in [0.15, 0.2) is 0 Å². The predicted molar refractivity (Wildman–Crippen MR) is 86.8 cm³/mol. The number of hydrogen-bond acceptors (Lipinski definition) is 3. The highest BCUT2D eigenvalue weighted by atomic mass is 35.5. The van der Waals surface area contributed by atoms with Gasteiger partial charge in [-0.25, -0.2) is 9.37 Å². The van der Waals surface area contributed by atoms with Gasteiger partial charge in [0.2, 0.25) is 0 Å². The maximum atomic E-state index is 13.4. The van der Waals surface area contributed by atoms with E-state index in [4.69, 9.17) is 11.6 Å². The number of carbonyl (C=O) groups excluding carboxylic acids is 1. The Morgan fingerprint density at radius 1 is 1.32 bits per heavy atom. The lowest BCUT2D eigenvalue weighted by Crippen LogP contribution is -2.34. The molecule has 0 aliphatic carbocycles. The summed E-state index contributed by atoms with van der Waals surface area (Å²) in [6.45, 7) is 7.30.